The monoisotopic (exact) mass is 1200 g/mol. The highest BCUT2D eigenvalue weighted by Crippen LogP contribution is 2.14. The summed E-state index contributed by atoms with van der Waals surface area (Å²) in [7, 11) is 5.90. The smallest absolute Gasteiger partial charge is 0.306 e. The zero-order valence-corrected chi connectivity index (χ0v) is 55.3. The Morgan fingerprint density at radius 3 is 0.920 bits per heavy atom. The van der Waals surface area contributed by atoms with Crippen LogP contribution < -0.4 is 5.11 Å². The van der Waals surface area contributed by atoms with E-state index in [0.717, 1.165) is 161 Å². The van der Waals surface area contributed by atoms with Crippen LogP contribution in [0, 0.1) is 0 Å². The van der Waals surface area contributed by atoms with Crippen molar-refractivity contribution in [3.05, 3.63) is 194 Å². The lowest BCUT2D eigenvalue weighted by Crippen LogP contribution is -2.44. The SMILES string of the molecule is CC/C=C\C/C=C\C/C=C\C/C=C\C/C=C\C/C=C\C/C=C\C/C=C\C/C=C\C/C=C\C/C=C\CCCCCCCC(=O)OC(COC(=O)CCCCCCCCC/C=C\C/C=C\C/C=C\C/C=C\C/C=C\CC)COC(OCC[N+](C)(C)C)C(=O)[O-]. The maximum absolute atomic E-state index is 12.9. The van der Waals surface area contributed by atoms with E-state index in [0.29, 0.717) is 23.9 Å². The third kappa shape index (κ3) is 67.5. The molecule has 0 aliphatic heterocycles. The summed E-state index contributed by atoms with van der Waals surface area (Å²) in [5.41, 5.74) is 0. The molecule has 9 nitrogen and oxygen atoms in total. The Bertz CT molecular complexity index is 2130. The number of allylic oxidation sites excluding steroid dienone is 32. The quantitative estimate of drug-likeness (QED) is 0.0195. The van der Waals surface area contributed by atoms with Gasteiger partial charge in [-0.15, -0.1) is 0 Å². The van der Waals surface area contributed by atoms with Gasteiger partial charge in [0.1, 0.15) is 13.2 Å². The summed E-state index contributed by atoms with van der Waals surface area (Å²) in [6.07, 6.45) is 99.2. The molecule has 0 saturated heterocycles. The van der Waals surface area contributed by atoms with Crippen LogP contribution in [0.4, 0.5) is 0 Å². The number of aliphatic carboxylic acids is 1. The van der Waals surface area contributed by atoms with Crippen LogP contribution in [-0.4, -0.2) is 82.3 Å². The number of quaternary nitrogens is 1. The van der Waals surface area contributed by atoms with E-state index in [-0.39, 0.29) is 38.6 Å². The molecule has 0 spiro atoms. The number of likely N-dealkylation sites (N-methyl/N-ethyl adjacent to an activating group) is 1. The number of rotatable bonds is 59. The molecule has 0 aliphatic rings. The third-order valence-corrected chi connectivity index (χ3v) is 13.3. The van der Waals surface area contributed by atoms with Crippen LogP contribution in [0.3, 0.4) is 0 Å². The van der Waals surface area contributed by atoms with E-state index >= 15 is 0 Å². The average molecular weight is 1200 g/mol. The second-order valence-electron chi connectivity index (χ2n) is 22.6. The van der Waals surface area contributed by atoms with Gasteiger partial charge in [-0.1, -0.05) is 260 Å². The highest BCUT2D eigenvalue weighted by atomic mass is 16.7. The van der Waals surface area contributed by atoms with Gasteiger partial charge in [-0.2, -0.15) is 0 Å². The normalized spacial score (nSPS) is 14.0. The van der Waals surface area contributed by atoms with E-state index in [4.69, 9.17) is 18.9 Å². The summed E-state index contributed by atoms with van der Waals surface area (Å²) in [5.74, 6) is -2.35. The second-order valence-corrected chi connectivity index (χ2v) is 22.6. The van der Waals surface area contributed by atoms with Gasteiger partial charge in [0.2, 0.25) is 0 Å². The summed E-state index contributed by atoms with van der Waals surface area (Å²) in [5, 5.41) is 11.8. The van der Waals surface area contributed by atoms with Gasteiger partial charge >= 0.3 is 11.9 Å². The number of hydrogen-bond acceptors (Lipinski definition) is 8. The maximum Gasteiger partial charge on any atom is 0.306 e. The highest BCUT2D eigenvalue weighted by Gasteiger charge is 2.22. The van der Waals surface area contributed by atoms with E-state index in [1.165, 1.54) is 19.3 Å². The van der Waals surface area contributed by atoms with Crippen molar-refractivity contribution in [1.82, 2.24) is 0 Å². The molecule has 0 aliphatic carbocycles. The molecule has 486 valence electrons. The number of unbranched alkanes of at least 4 members (excludes halogenated alkanes) is 12. The largest absolute Gasteiger partial charge is 0.545 e. The first-order chi connectivity index (χ1) is 42.6. The molecule has 0 bridgehead atoms. The van der Waals surface area contributed by atoms with Gasteiger partial charge in [0.25, 0.3) is 0 Å². The number of esters is 2. The lowest BCUT2D eigenvalue weighted by molar-refractivity contribution is -0.870. The zero-order chi connectivity index (χ0) is 63.3. The van der Waals surface area contributed by atoms with Crippen LogP contribution in [0.2, 0.25) is 0 Å². The molecule has 0 N–H and O–H groups in total. The Kier molecular flexibility index (Phi) is 61.6. The van der Waals surface area contributed by atoms with Crippen molar-refractivity contribution in [3.8, 4) is 0 Å². The van der Waals surface area contributed by atoms with Gasteiger partial charge in [0.05, 0.1) is 40.3 Å². The van der Waals surface area contributed by atoms with Crippen molar-refractivity contribution in [2.75, 3.05) is 47.5 Å². The minimum Gasteiger partial charge on any atom is -0.545 e. The van der Waals surface area contributed by atoms with Gasteiger partial charge in [0.15, 0.2) is 12.4 Å². The molecule has 0 amide bonds. The summed E-state index contributed by atoms with van der Waals surface area (Å²) < 4.78 is 22.7. The summed E-state index contributed by atoms with van der Waals surface area (Å²) >= 11 is 0. The van der Waals surface area contributed by atoms with Crippen LogP contribution in [0.5, 0.6) is 0 Å². The van der Waals surface area contributed by atoms with Crippen molar-refractivity contribution in [2.24, 2.45) is 0 Å². The minimum absolute atomic E-state index is 0.130. The van der Waals surface area contributed by atoms with Gasteiger partial charge < -0.3 is 33.3 Å². The van der Waals surface area contributed by atoms with Crippen LogP contribution in [0.15, 0.2) is 194 Å². The molecule has 0 radical (unpaired) electrons. The molecule has 9 heteroatoms. The predicted molar refractivity (Wildman–Crippen MR) is 370 cm³/mol. The number of hydrogen-bond donors (Lipinski definition) is 0. The first-order valence-corrected chi connectivity index (χ1v) is 33.6. The summed E-state index contributed by atoms with van der Waals surface area (Å²) in [4.78, 5) is 37.4. The predicted octanol–water partition coefficient (Wildman–Crippen LogP) is 19.7. The van der Waals surface area contributed by atoms with E-state index < -0.39 is 24.3 Å². The maximum atomic E-state index is 12.9. The number of ether oxygens (including phenoxy) is 4. The van der Waals surface area contributed by atoms with E-state index in [1.807, 2.05) is 21.1 Å². The van der Waals surface area contributed by atoms with Crippen molar-refractivity contribution >= 4 is 17.9 Å². The van der Waals surface area contributed by atoms with Crippen molar-refractivity contribution in [1.29, 1.82) is 0 Å². The van der Waals surface area contributed by atoms with E-state index in [9.17, 15) is 19.5 Å². The van der Waals surface area contributed by atoms with Crippen LogP contribution in [0.25, 0.3) is 0 Å². The van der Waals surface area contributed by atoms with Crippen LogP contribution in [-0.2, 0) is 33.3 Å². The molecule has 2 unspecified atom stereocenters. The average Bonchev–Trinajstić information content (AvgIpc) is 3.55. The molecular weight excluding hydrogens is 1080 g/mol. The molecule has 0 fully saturated rings. The lowest BCUT2D eigenvalue weighted by atomic mass is 10.1. The first-order valence-electron chi connectivity index (χ1n) is 33.6. The lowest BCUT2D eigenvalue weighted by Gasteiger charge is -2.26. The Balaban J connectivity index is 4.29. The number of nitrogens with zero attached hydrogens (tertiary/aromatic N) is 1. The fraction of sp³-hybridized carbons (Fsp3) is 0.551. The third-order valence-electron chi connectivity index (χ3n) is 13.3. The van der Waals surface area contributed by atoms with Crippen LogP contribution in [0.1, 0.15) is 219 Å². The number of carboxylic acid groups (broad SMARTS) is 1. The molecule has 0 aromatic rings. The molecule has 0 saturated carbocycles. The van der Waals surface area contributed by atoms with Gasteiger partial charge in [-0.25, -0.2) is 0 Å². The van der Waals surface area contributed by atoms with Crippen molar-refractivity contribution < 1.29 is 42.9 Å². The number of carboxylic acids is 1. The Hall–Kier alpha value is -5.87. The Morgan fingerprint density at radius 1 is 0.345 bits per heavy atom. The van der Waals surface area contributed by atoms with Crippen molar-refractivity contribution in [2.45, 2.75) is 232 Å². The Morgan fingerprint density at radius 2 is 0.621 bits per heavy atom. The summed E-state index contributed by atoms with van der Waals surface area (Å²) in [6.45, 7) is 4.45. The molecule has 0 aromatic carbocycles. The van der Waals surface area contributed by atoms with Gasteiger partial charge in [-0.05, 0) is 141 Å². The molecule has 0 rings (SSSR count). The Labute approximate surface area is 532 Å². The van der Waals surface area contributed by atoms with Crippen molar-refractivity contribution in [3.63, 3.8) is 0 Å². The van der Waals surface area contributed by atoms with Gasteiger partial charge in [-0.3, -0.25) is 9.59 Å². The molecule has 0 heterocycles. The fourth-order valence-corrected chi connectivity index (χ4v) is 8.27. The summed E-state index contributed by atoms with van der Waals surface area (Å²) in [6, 6.07) is 0. The standard InChI is InChI=1S/C78H121NO8/c1-6-8-10-12-14-16-18-20-22-24-26-28-30-31-32-33-34-35-36-37-38-39-40-41-42-43-44-45-47-49-51-53-55-57-59-61-63-65-67-69-76(81)87-74(73-86-78(77(82)83)84-71-70-79(3,4)5)72-85-75(80)68-66-64-62-60-58-56-54-52-50-48-46-29-27-25-23-21-19-17-15-13-11-9-7-2/h8-11,14-17,20-23,26-29,31-32,34-35,37-38,40-41,43-44,47-50,53,55,74,78H,6-7,12-13,18-19,24-25,30,33,36,39,42,45-46,51-52,54,56-73H2,1-5H3/b10-8-,11-9-,16-14-,17-15-,22-20-,23-21-,28-26-,29-27-,32-31-,35-34-,38-37-,41-40-,44-43-,49-47-,50-48-,55-53-. The second kappa shape index (κ2) is 66.1. The number of carbonyl (C=O) groups excluding carboxylic acids is 3. The number of carbonyl (C=O) groups is 3. The molecule has 2 atom stereocenters. The fourth-order valence-electron chi connectivity index (χ4n) is 8.27. The topological polar surface area (TPSA) is 111 Å². The zero-order valence-electron chi connectivity index (χ0n) is 55.3. The molecule has 0 aromatic heterocycles. The molecule has 87 heavy (non-hydrogen) atoms. The van der Waals surface area contributed by atoms with E-state index in [2.05, 4.69) is 208 Å². The molecular formula is C78H121NO8. The highest BCUT2D eigenvalue weighted by molar-refractivity contribution is 5.70. The van der Waals surface area contributed by atoms with E-state index in [1.54, 1.807) is 0 Å². The van der Waals surface area contributed by atoms with Gasteiger partial charge in [0, 0.05) is 12.8 Å². The minimum atomic E-state index is -1.64. The first kappa shape index (κ1) is 81.1. The van der Waals surface area contributed by atoms with Crippen LogP contribution >= 0.6 is 0 Å².